The fraction of sp³-hybridized carbons (Fsp3) is 0.263. The van der Waals surface area contributed by atoms with E-state index in [0.717, 1.165) is 16.0 Å². The number of nitrogens with zero attached hydrogens (tertiary/aromatic N) is 1. The van der Waals surface area contributed by atoms with Crippen LogP contribution in [0.25, 0.3) is 10.2 Å². The van der Waals surface area contributed by atoms with Gasteiger partial charge in [0, 0.05) is 12.1 Å². The maximum Gasteiger partial charge on any atom is 0.264 e. The Hall–Kier alpha value is -3.00. The van der Waals surface area contributed by atoms with Gasteiger partial charge in [-0.3, -0.25) is 10.1 Å². The Morgan fingerprint density at radius 1 is 1.11 bits per heavy atom. The van der Waals surface area contributed by atoms with Crippen LogP contribution in [0, 0.1) is 0 Å². The molecule has 0 atom stereocenters. The summed E-state index contributed by atoms with van der Waals surface area (Å²) in [5.41, 5.74) is 0.756. The summed E-state index contributed by atoms with van der Waals surface area (Å²) in [5.74, 6) is 2.46. The largest absolute Gasteiger partial charge is 0.494 e. The first-order valence-corrected chi connectivity index (χ1v) is 9.38. The molecule has 1 amide bonds. The zero-order chi connectivity index (χ0) is 18.6. The third-order valence-electron chi connectivity index (χ3n) is 3.80. The fourth-order valence-corrected chi connectivity index (χ4v) is 3.51. The summed E-state index contributed by atoms with van der Waals surface area (Å²) in [7, 11) is 0. The highest BCUT2D eigenvalue weighted by atomic mass is 32.1. The molecule has 2 heterocycles. The van der Waals surface area contributed by atoms with Gasteiger partial charge in [-0.1, -0.05) is 11.3 Å². The quantitative estimate of drug-likeness (QED) is 0.699. The normalized spacial score (nSPS) is 12.6. The number of thiazole rings is 1. The van der Waals surface area contributed by atoms with Crippen molar-refractivity contribution in [2.75, 3.05) is 31.7 Å². The predicted molar refractivity (Wildman–Crippen MR) is 102 cm³/mol. The van der Waals surface area contributed by atoms with E-state index in [-0.39, 0.29) is 12.5 Å². The standard InChI is InChI=1S/C19H18N2O5S/c1-2-23-12-3-5-13(6-4-12)26-11-18(22)21-19-20-14-9-15-16(10-17(14)27-19)25-8-7-24-15/h3-6,9-10H,2,7-8,11H2,1H3,(H,20,21,22). The first-order chi connectivity index (χ1) is 13.2. The number of carbonyl (C=O) groups is 1. The van der Waals surface area contributed by atoms with E-state index < -0.39 is 0 Å². The van der Waals surface area contributed by atoms with E-state index in [4.69, 9.17) is 18.9 Å². The summed E-state index contributed by atoms with van der Waals surface area (Å²) in [6, 6.07) is 10.8. The molecule has 2 aromatic carbocycles. The summed E-state index contributed by atoms with van der Waals surface area (Å²) >= 11 is 1.38. The summed E-state index contributed by atoms with van der Waals surface area (Å²) in [5, 5.41) is 3.27. The lowest BCUT2D eigenvalue weighted by molar-refractivity contribution is -0.118. The highest BCUT2D eigenvalue weighted by Gasteiger charge is 2.16. The Bertz CT molecular complexity index is 912. The SMILES string of the molecule is CCOc1ccc(OCC(=O)Nc2nc3cc4c(cc3s2)OCCO4)cc1. The van der Waals surface area contributed by atoms with Crippen LogP contribution in [0.2, 0.25) is 0 Å². The van der Waals surface area contributed by atoms with Gasteiger partial charge in [-0.25, -0.2) is 4.98 Å². The van der Waals surface area contributed by atoms with Crippen molar-refractivity contribution in [1.82, 2.24) is 4.98 Å². The van der Waals surface area contributed by atoms with Crippen molar-refractivity contribution in [3.63, 3.8) is 0 Å². The molecule has 0 bridgehead atoms. The third-order valence-corrected chi connectivity index (χ3v) is 4.74. The van der Waals surface area contributed by atoms with Gasteiger partial charge in [0.05, 0.1) is 16.8 Å². The monoisotopic (exact) mass is 386 g/mol. The molecular formula is C19H18N2O5S. The summed E-state index contributed by atoms with van der Waals surface area (Å²) in [6.45, 7) is 3.48. The van der Waals surface area contributed by atoms with Gasteiger partial charge < -0.3 is 18.9 Å². The molecule has 27 heavy (non-hydrogen) atoms. The van der Waals surface area contributed by atoms with Crippen LogP contribution in [0.5, 0.6) is 23.0 Å². The number of anilines is 1. The molecule has 1 N–H and O–H groups in total. The molecule has 1 aliphatic rings. The highest BCUT2D eigenvalue weighted by molar-refractivity contribution is 7.22. The molecule has 1 aromatic heterocycles. The van der Waals surface area contributed by atoms with Gasteiger partial charge in [0.1, 0.15) is 24.7 Å². The van der Waals surface area contributed by atoms with E-state index in [9.17, 15) is 4.79 Å². The lowest BCUT2D eigenvalue weighted by Crippen LogP contribution is -2.19. The van der Waals surface area contributed by atoms with Gasteiger partial charge in [-0.05, 0) is 31.2 Å². The van der Waals surface area contributed by atoms with Crippen molar-refractivity contribution >= 4 is 32.6 Å². The van der Waals surface area contributed by atoms with Crippen LogP contribution in [0.15, 0.2) is 36.4 Å². The smallest absolute Gasteiger partial charge is 0.264 e. The van der Waals surface area contributed by atoms with Crippen LogP contribution in [0.4, 0.5) is 5.13 Å². The number of aromatic nitrogens is 1. The average Bonchev–Trinajstić information content (AvgIpc) is 3.06. The first kappa shape index (κ1) is 17.4. The molecule has 3 aromatic rings. The first-order valence-electron chi connectivity index (χ1n) is 8.57. The van der Waals surface area contributed by atoms with Crippen molar-refractivity contribution in [2.24, 2.45) is 0 Å². The Morgan fingerprint density at radius 3 is 2.48 bits per heavy atom. The van der Waals surface area contributed by atoms with Gasteiger partial charge in [-0.2, -0.15) is 0 Å². The molecular weight excluding hydrogens is 368 g/mol. The van der Waals surface area contributed by atoms with E-state index in [1.807, 2.05) is 19.1 Å². The maximum atomic E-state index is 12.1. The zero-order valence-corrected chi connectivity index (χ0v) is 15.5. The number of benzene rings is 2. The zero-order valence-electron chi connectivity index (χ0n) is 14.7. The second-order valence-corrected chi connectivity index (χ2v) is 6.75. The van der Waals surface area contributed by atoms with Crippen LogP contribution in [0.3, 0.4) is 0 Å². The van der Waals surface area contributed by atoms with Gasteiger partial charge >= 0.3 is 0 Å². The molecule has 4 rings (SSSR count). The minimum Gasteiger partial charge on any atom is -0.494 e. The fourth-order valence-electron chi connectivity index (χ4n) is 2.62. The second kappa shape index (κ2) is 7.71. The number of ether oxygens (including phenoxy) is 4. The third kappa shape index (κ3) is 4.06. The summed E-state index contributed by atoms with van der Waals surface area (Å²) in [6.07, 6.45) is 0. The highest BCUT2D eigenvalue weighted by Crippen LogP contribution is 2.37. The number of fused-ring (bicyclic) bond motifs is 2. The molecule has 7 nitrogen and oxygen atoms in total. The minimum absolute atomic E-state index is 0.105. The topological polar surface area (TPSA) is 78.9 Å². The van der Waals surface area contributed by atoms with E-state index in [0.29, 0.717) is 42.2 Å². The van der Waals surface area contributed by atoms with Gasteiger partial charge in [-0.15, -0.1) is 0 Å². The van der Waals surface area contributed by atoms with Gasteiger partial charge in [0.15, 0.2) is 23.2 Å². The molecule has 0 saturated heterocycles. The van der Waals surface area contributed by atoms with Crippen molar-refractivity contribution in [1.29, 1.82) is 0 Å². The Morgan fingerprint density at radius 2 is 1.78 bits per heavy atom. The van der Waals surface area contributed by atoms with Crippen molar-refractivity contribution in [3.05, 3.63) is 36.4 Å². The number of hydrogen-bond donors (Lipinski definition) is 1. The summed E-state index contributed by atoms with van der Waals surface area (Å²) in [4.78, 5) is 16.6. The van der Waals surface area contributed by atoms with Crippen LogP contribution in [-0.4, -0.2) is 37.3 Å². The van der Waals surface area contributed by atoms with Gasteiger partial charge in [0.25, 0.3) is 5.91 Å². The molecule has 0 fully saturated rings. The van der Waals surface area contributed by atoms with Crippen molar-refractivity contribution in [3.8, 4) is 23.0 Å². The number of hydrogen-bond acceptors (Lipinski definition) is 7. The molecule has 0 saturated carbocycles. The van der Waals surface area contributed by atoms with Gasteiger partial charge in [0.2, 0.25) is 0 Å². The molecule has 8 heteroatoms. The molecule has 0 radical (unpaired) electrons. The summed E-state index contributed by atoms with van der Waals surface area (Å²) < 4.78 is 22.9. The average molecular weight is 386 g/mol. The van der Waals surface area contributed by atoms with E-state index in [2.05, 4.69) is 10.3 Å². The molecule has 1 aliphatic heterocycles. The Kier molecular flexibility index (Phi) is 4.97. The molecule has 0 aliphatic carbocycles. The number of carbonyl (C=O) groups excluding carboxylic acids is 1. The van der Waals surface area contributed by atoms with Crippen LogP contribution >= 0.6 is 11.3 Å². The van der Waals surface area contributed by atoms with Crippen molar-refractivity contribution in [2.45, 2.75) is 6.92 Å². The number of nitrogens with one attached hydrogen (secondary N) is 1. The number of rotatable bonds is 6. The Labute approximate surface area is 159 Å². The maximum absolute atomic E-state index is 12.1. The van der Waals surface area contributed by atoms with Crippen LogP contribution in [-0.2, 0) is 4.79 Å². The predicted octanol–water partition coefficient (Wildman–Crippen LogP) is 3.48. The van der Waals surface area contributed by atoms with Crippen LogP contribution in [0.1, 0.15) is 6.92 Å². The van der Waals surface area contributed by atoms with E-state index in [1.54, 1.807) is 24.3 Å². The molecule has 0 unspecified atom stereocenters. The number of amides is 1. The molecule has 0 spiro atoms. The molecule has 140 valence electrons. The van der Waals surface area contributed by atoms with E-state index >= 15 is 0 Å². The minimum atomic E-state index is -0.278. The lowest BCUT2D eigenvalue weighted by Gasteiger charge is -2.17. The van der Waals surface area contributed by atoms with Crippen LogP contribution < -0.4 is 24.3 Å². The van der Waals surface area contributed by atoms with E-state index in [1.165, 1.54) is 11.3 Å². The second-order valence-electron chi connectivity index (χ2n) is 5.72. The van der Waals surface area contributed by atoms with Crippen molar-refractivity contribution < 1.29 is 23.7 Å². The Balaban J connectivity index is 1.37. The lowest BCUT2D eigenvalue weighted by atomic mass is 10.3.